The Labute approximate surface area is 157 Å². The van der Waals surface area contributed by atoms with Gasteiger partial charge in [-0.25, -0.2) is 0 Å². The highest BCUT2D eigenvalue weighted by atomic mass is 16.4. The number of unbranched alkanes of at least 4 members (excludes halogenated alkanes) is 3. The van der Waals surface area contributed by atoms with Crippen molar-refractivity contribution in [3.05, 3.63) is 72.3 Å². The minimum absolute atomic E-state index is 0.0879. The second-order valence-electron chi connectivity index (χ2n) is 5.81. The highest BCUT2D eigenvalue weighted by Gasteiger charge is 2.03. The number of aliphatic hydroxyl groups is 2. The van der Waals surface area contributed by atoms with Gasteiger partial charge < -0.3 is 15.3 Å². The van der Waals surface area contributed by atoms with E-state index in [4.69, 9.17) is 5.11 Å². The highest BCUT2D eigenvalue weighted by molar-refractivity contribution is 5.66. The zero-order valence-electron chi connectivity index (χ0n) is 15.7. The largest absolute Gasteiger partial charge is 0.508 e. The van der Waals surface area contributed by atoms with Crippen molar-refractivity contribution in [3.63, 3.8) is 0 Å². The second kappa shape index (κ2) is 17.3. The van der Waals surface area contributed by atoms with Crippen LogP contribution in [0.5, 0.6) is 0 Å². The summed E-state index contributed by atoms with van der Waals surface area (Å²) in [5, 5.41) is 27.5. The standard InChI is InChI=1S/C22H32O4/c1-2-3-4-5-6-7-8-9-10-11-12-13-14-15-16-17-20(23)21(24)18-19-22(25)26/h6-7,9-10,12-17,23-24H,2-5,8,11,18-19H2,1H3,(H,25,26)/b7-6+,10-9+,13-12+,15-14+,17-16+,21-20-. The van der Waals surface area contributed by atoms with Crippen molar-refractivity contribution in [1.82, 2.24) is 0 Å². The highest BCUT2D eigenvalue weighted by Crippen LogP contribution is 2.07. The number of allylic oxidation sites excluding steroid dienone is 11. The molecule has 0 aliphatic rings. The first-order chi connectivity index (χ1) is 12.6. The molecular weight excluding hydrogens is 328 g/mol. The van der Waals surface area contributed by atoms with Gasteiger partial charge >= 0.3 is 5.97 Å². The molecule has 4 nitrogen and oxygen atoms in total. The van der Waals surface area contributed by atoms with Crippen LogP contribution in [0.15, 0.2) is 72.3 Å². The van der Waals surface area contributed by atoms with Crippen LogP contribution >= 0.6 is 0 Å². The molecule has 0 saturated carbocycles. The van der Waals surface area contributed by atoms with Crippen molar-refractivity contribution in [3.8, 4) is 0 Å². The second-order valence-corrected chi connectivity index (χ2v) is 5.81. The van der Waals surface area contributed by atoms with Gasteiger partial charge in [0.1, 0.15) is 5.76 Å². The lowest BCUT2D eigenvalue weighted by Crippen LogP contribution is -1.97. The molecule has 0 amide bonds. The summed E-state index contributed by atoms with van der Waals surface area (Å²) in [6, 6.07) is 0. The molecule has 0 spiro atoms. The van der Waals surface area contributed by atoms with Crippen LogP contribution < -0.4 is 0 Å². The molecule has 0 fully saturated rings. The number of aliphatic carboxylic acids is 1. The van der Waals surface area contributed by atoms with E-state index in [1.165, 1.54) is 31.8 Å². The van der Waals surface area contributed by atoms with Gasteiger partial charge in [-0.15, -0.1) is 0 Å². The van der Waals surface area contributed by atoms with E-state index in [9.17, 15) is 15.0 Å². The Morgan fingerprint density at radius 3 is 2.12 bits per heavy atom. The summed E-state index contributed by atoms with van der Waals surface area (Å²) in [6.45, 7) is 2.21. The lowest BCUT2D eigenvalue weighted by atomic mass is 10.2. The molecule has 0 aliphatic heterocycles. The van der Waals surface area contributed by atoms with E-state index in [-0.39, 0.29) is 24.4 Å². The molecule has 144 valence electrons. The monoisotopic (exact) mass is 360 g/mol. The fourth-order valence-corrected chi connectivity index (χ4v) is 1.96. The molecule has 0 heterocycles. The Hall–Kier alpha value is -2.49. The summed E-state index contributed by atoms with van der Waals surface area (Å²) in [5.74, 6) is -1.65. The maximum absolute atomic E-state index is 10.4. The Balaban J connectivity index is 3.91. The molecule has 3 N–H and O–H groups in total. The fourth-order valence-electron chi connectivity index (χ4n) is 1.96. The fraction of sp³-hybridized carbons (Fsp3) is 0.409. The van der Waals surface area contributed by atoms with Crippen molar-refractivity contribution in [2.24, 2.45) is 0 Å². The number of carboxylic acid groups (broad SMARTS) is 1. The molecular formula is C22H32O4. The van der Waals surface area contributed by atoms with Crippen LogP contribution in [0.1, 0.15) is 58.3 Å². The molecule has 0 bridgehead atoms. The molecule has 0 aromatic rings. The quantitative estimate of drug-likeness (QED) is 0.147. The van der Waals surface area contributed by atoms with Crippen molar-refractivity contribution in [1.29, 1.82) is 0 Å². The molecule has 4 heteroatoms. The number of rotatable bonds is 14. The number of carboxylic acids is 1. The third-order valence-corrected chi connectivity index (χ3v) is 3.45. The van der Waals surface area contributed by atoms with Gasteiger partial charge in [0.25, 0.3) is 0 Å². The van der Waals surface area contributed by atoms with Gasteiger partial charge in [-0.05, 0) is 31.8 Å². The summed E-state index contributed by atoms with van der Waals surface area (Å²) in [5.41, 5.74) is 0. The van der Waals surface area contributed by atoms with Gasteiger partial charge in [0.05, 0.1) is 6.42 Å². The molecule has 0 aliphatic carbocycles. The van der Waals surface area contributed by atoms with Crippen LogP contribution in [0, 0.1) is 0 Å². The number of hydrogen-bond donors (Lipinski definition) is 3. The normalized spacial score (nSPS) is 13.7. The zero-order valence-corrected chi connectivity index (χ0v) is 15.7. The third-order valence-electron chi connectivity index (χ3n) is 3.45. The van der Waals surface area contributed by atoms with E-state index in [0.717, 1.165) is 12.8 Å². The van der Waals surface area contributed by atoms with E-state index < -0.39 is 5.97 Å². The van der Waals surface area contributed by atoms with Gasteiger partial charge in [-0.3, -0.25) is 4.79 Å². The van der Waals surface area contributed by atoms with E-state index in [0.29, 0.717) is 0 Å². The Morgan fingerprint density at radius 2 is 1.42 bits per heavy atom. The summed E-state index contributed by atoms with van der Waals surface area (Å²) >= 11 is 0. The van der Waals surface area contributed by atoms with Crippen LogP contribution in [0.4, 0.5) is 0 Å². The molecule has 0 aromatic heterocycles. The molecule has 0 radical (unpaired) electrons. The van der Waals surface area contributed by atoms with E-state index in [1.807, 2.05) is 18.2 Å². The van der Waals surface area contributed by atoms with Gasteiger partial charge in [0.15, 0.2) is 5.76 Å². The first kappa shape index (κ1) is 23.5. The van der Waals surface area contributed by atoms with Crippen molar-refractivity contribution >= 4 is 5.97 Å². The zero-order chi connectivity index (χ0) is 19.5. The van der Waals surface area contributed by atoms with E-state index in [1.54, 1.807) is 12.2 Å². The molecule has 26 heavy (non-hydrogen) atoms. The lowest BCUT2D eigenvalue weighted by Gasteiger charge is -1.98. The predicted molar refractivity (Wildman–Crippen MR) is 108 cm³/mol. The van der Waals surface area contributed by atoms with Crippen LogP contribution in [0.25, 0.3) is 0 Å². The van der Waals surface area contributed by atoms with Crippen LogP contribution in [-0.2, 0) is 4.79 Å². The van der Waals surface area contributed by atoms with Crippen LogP contribution in [-0.4, -0.2) is 21.3 Å². The third kappa shape index (κ3) is 16.4. The first-order valence-electron chi connectivity index (χ1n) is 9.20. The van der Waals surface area contributed by atoms with Crippen LogP contribution in [0.2, 0.25) is 0 Å². The SMILES string of the molecule is CCCCC/C=C/C/C=C/C/C=C/C=C/C=C/C(O)=C(/O)CCC(=O)O. The minimum Gasteiger partial charge on any atom is -0.508 e. The topological polar surface area (TPSA) is 77.8 Å². The minimum atomic E-state index is -1.02. The maximum atomic E-state index is 10.4. The van der Waals surface area contributed by atoms with Crippen molar-refractivity contribution in [2.45, 2.75) is 58.3 Å². The predicted octanol–water partition coefficient (Wildman–Crippen LogP) is 6.32. The summed E-state index contributed by atoms with van der Waals surface area (Å²) in [4.78, 5) is 10.4. The van der Waals surface area contributed by atoms with Gasteiger partial charge in [0.2, 0.25) is 0 Å². The molecule has 0 atom stereocenters. The molecule has 0 rings (SSSR count). The lowest BCUT2D eigenvalue weighted by molar-refractivity contribution is -0.137. The number of carbonyl (C=O) groups is 1. The molecule has 0 aromatic carbocycles. The maximum Gasteiger partial charge on any atom is 0.303 e. The molecule has 0 saturated heterocycles. The van der Waals surface area contributed by atoms with Crippen molar-refractivity contribution in [2.75, 3.05) is 0 Å². The Bertz CT molecular complexity index is 548. The number of aliphatic hydroxyl groups excluding tert-OH is 2. The summed E-state index contributed by atoms with van der Waals surface area (Å²) in [7, 11) is 0. The smallest absolute Gasteiger partial charge is 0.303 e. The van der Waals surface area contributed by atoms with Crippen LogP contribution in [0.3, 0.4) is 0 Å². The Kier molecular flexibility index (Phi) is 15.7. The van der Waals surface area contributed by atoms with Crippen molar-refractivity contribution < 1.29 is 20.1 Å². The summed E-state index contributed by atoms with van der Waals surface area (Å²) < 4.78 is 0. The van der Waals surface area contributed by atoms with Gasteiger partial charge in [-0.2, -0.15) is 0 Å². The average Bonchev–Trinajstić information content (AvgIpc) is 2.62. The van der Waals surface area contributed by atoms with E-state index >= 15 is 0 Å². The Morgan fingerprint density at radius 1 is 0.769 bits per heavy atom. The first-order valence-corrected chi connectivity index (χ1v) is 9.20. The van der Waals surface area contributed by atoms with E-state index in [2.05, 4.69) is 31.2 Å². The number of hydrogen-bond acceptors (Lipinski definition) is 3. The summed E-state index contributed by atoms with van der Waals surface area (Å²) in [6.07, 6.45) is 25.6. The van der Waals surface area contributed by atoms with Gasteiger partial charge in [-0.1, -0.05) is 74.4 Å². The average molecular weight is 360 g/mol. The van der Waals surface area contributed by atoms with Gasteiger partial charge in [0, 0.05) is 6.42 Å². The molecule has 0 unspecified atom stereocenters.